The van der Waals surface area contributed by atoms with E-state index in [9.17, 15) is 4.79 Å². The third-order valence-corrected chi connectivity index (χ3v) is 4.22. The molecule has 0 saturated carbocycles. The van der Waals surface area contributed by atoms with Crippen molar-refractivity contribution < 1.29 is 4.79 Å². The van der Waals surface area contributed by atoms with Gasteiger partial charge in [-0.1, -0.05) is 35.5 Å². The second kappa shape index (κ2) is 6.73. The zero-order valence-electron chi connectivity index (χ0n) is 13.0. The van der Waals surface area contributed by atoms with E-state index in [0.29, 0.717) is 5.92 Å². The lowest BCUT2D eigenvalue weighted by molar-refractivity contribution is -0.130. The predicted molar refractivity (Wildman–Crippen MR) is 84.2 cm³/mol. The van der Waals surface area contributed by atoms with Crippen LogP contribution in [0.2, 0.25) is 0 Å². The molecule has 1 amide bonds. The summed E-state index contributed by atoms with van der Waals surface area (Å²) in [4.78, 5) is 13.4. The molecule has 0 radical (unpaired) electrons. The predicted octanol–water partition coefficient (Wildman–Crippen LogP) is 2.13. The molecule has 5 nitrogen and oxygen atoms in total. The summed E-state index contributed by atoms with van der Waals surface area (Å²) in [5.74, 6) is 0.650. The minimum atomic E-state index is 0.174. The van der Waals surface area contributed by atoms with Gasteiger partial charge in [-0.3, -0.25) is 9.48 Å². The normalized spacial score (nSPS) is 18.4. The second-order valence-corrected chi connectivity index (χ2v) is 6.07. The maximum absolute atomic E-state index is 11.5. The van der Waals surface area contributed by atoms with Crippen LogP contribution in [0.4, 0.5) is 0 Å². The molecule has 22 heavy (non-hydrogen) atoms. The van der Waals surface area contributed by atoms with Gasteiger partial charge in [-0.25, -0.2) is 0 Å². The highest BCUT2D eigenvalue weighted by Crippen LogP contribution is 2.18. The van der Waals surface area contributed by atoms with Crippen LogP contribution < -0.4 is 0 Å². The van der Waals surface area contributed by atoms with Crippen LogP contribution in [0.3, 0.4) is 0 Å². The monoisotopic (exact) mass is 298 g/mol. The Bertz CT molecular complexity index is 623. The lowest BCUT2D eigenvalue weighted by atomic mass is 9.98. The number of piperidine rings is 1. The van der Waals surface area contributed by atoms with Crippen molar-refractivity contribution in [3.05, 3.63) is 47.8 Å². The molecular weight excluding hydrogens is 276 g/mol. The maximum Gasteiger partial charge on any atom is 0.219 e. The average Bonchev–Trinajstić information content (AvgIpc) is 2.95. The molecule has 1 atom stereocenters. The first-order chi connectivity index (χ1) is 10.7. The van der Waals surface area contributed by atoms with Crippen LogP contribution in [0.5, 0.6) is 0 Å². The molecule has 5 heteroatoms. The smallest absolute Gasteiger partial charge is 0.219 e. The summed E-state index contributed by atoms with van der Waals surface area (Å²) < 4.78 is 1.92. The van der Waals surface area contributed by atoms with E-state index in [1.165, 1.54) is 5.56 Å². The van der Waals surface area contributed by atoms with E-state index in [1.54, 1.807) is 6.92 Å². The average molecular weight is 298 g/mol. The topological polar surface area (TPSA) is 51.0 Å². The Morgan fingerprint density at radius 3 is 2.91 bits per heavy atom. The van der Waals surface area contributed by atoms with Crippen molar-refractivity contribution in [2.75, 3.05) is 13.1 Å². The maximum atomic E-state index is 11.5. The standard InChI is InChI=1S/C17H22N4O/c1-14(22)20-9-5-8-16(11-20)12-21-13-17(18-19-21)10-15-6-3-2-4-7-15/h2-4,6-7,13,16H,5,8-12H2,1H3/t16-/m0/s1. The number of likely N-dealkylation sites (tertiary alicyclic amines) is 1. The zero-order chi connectivity index (χ0) is 15.4. The van der Waals surface area contributed by atoms with Crippen molar-refractivity contribution in [1.82, 2.24) is 19.9 Å². The zero-order valence-corrected chi connectivity index (χ0v) is 13.0. The van der Waals surface area contributed by atoms with Crippen LogP contribution in [-0.2, 0) is 17.8 Å². The molecule has 0 unspecified atom stereocenters. The molecule has 1 fully saturated rings. The van der Waals surface area contributed by atoms with E-state index >= 15 is 0 Å². The SMILES string of the molecule is CC(=O)N1CCC[C@H](Cn2cc(Cc3ccccc3)nn2)C1. The fraction of sp³-hybridized carbons (Fsp3) is 0.471. The summed E-state index contributed by atoms with van der Waals surface area (Å²) in [5.41, 5.74) is 2.24. The quantitative estimate of drug-likeness (QED) is 0.869. The molecule has 3 rings (SSSR count). The Morgan fingerprint density at radius 2 is 2.14 bits per heavy atom. The van der Waals surface area contributed by atoms with Gasteiger partial charge >= 0.3 is 0 Å². The first kappa shape index (κ1) is 14.8. The van der Waals surface area contributed by atoms with Crippen LogP contribution in [0.25, 0.3) is 0 Å². The summed E-state index contributed by atoms with van der Waals surface area (Å²) in [6.07, 6.45) is 5.07. The fourth-order valence-electron chi connectivity index (χ4n) is 3.08. The Hall–Kier alpha value is -2.17. The van der Waals surface area contributed by atoms with E-state index in [1.807, 2.05) is 34.0 Å². The molecule has 1 saturated heterocycles. The Balaban J connectivity index is 1.58. The van der Waals surface area contributed by atoms with Crippen LogP contribution in [0.15, 0.2) is 36.5 Å². The Morgan fingerprint density at radius 1 is 1.32 bits per heavy atom. The van der Waals surface area contributed by atoms with Crippen LogP contribution in [0.1, 0.15) is 31.0 Å². The number of nitrogens with zero attached hydrogens (tertiary/aromatic N) is 4. The fourth-order valence-corrected chi connectivity index (χ4v) is 3.08. The van der Waals surface area contributed by atoms with Gasteiger partial charge in [0, 0.05) is 39.2 Å². The third-order valence-electron chi connectivity index (χ3n) is 4.22. The summed E-state index contributed by atoms with van der Waals surface area (Å²) in [6.45, 7) is 4.22. The van der Waals surface area contributed by atoms with Gasteiger partial charge in [-0.05, 0) is 24.3 Å². The highest BCUT2D eigenvalue weighted by molar-refractivity contribution is 5.73. The number of carbonyl (C=O) groups is 1. The van der Waals surface area contributed by atoms with E-state index in [2.05, 4.69) is 22.4 Å². The number of aromatic nitrogens is 3. The first-order valence-electron chi connectivity index (χ1n) is 7.89. The summed E-state index contributed by atoms with van der Waals surface area (Å²) in [5, 5.41) is 8.50. The Kier molecular flexibility index (Phi) is 4.51. The molecule has 0 bridgehead atoms. The van der Waals surface area contributed by atoms with Crippen LogP contribution in [0, 0.1) is 5.92 Å². The molecule has 116 valence electrons. The Labute approximate surface area is 130 Å². The van der Waals surface area contributed by atoms with Gasteiger partial charge in [0.05, 0.1) is 5.69 Å². The minimum absolute atomic E-state index is 0.174. The number of amides is 1. The summed E-state index contributed by atoms with van der Waals surface area (Å²) >= 11 is 0. The molecule has 1 aromatic carbocycles. The van der Waals surface area contributed by atoms with Gasteiger partial charge in [0.15, 0.2) is 0 Å². The van der Waals surface area contributed by atoms with Crippen molar-refractivity contribution in [2.45, 2.75) is 32.7 Å². The highest BCUT2D eigenvalue weighted by atomic mass is 16.2. The molecule has 1 aromatic heterocycles. The van der Waals surface area contributed by atoms with Crippen LogP contribution >= 0.6 is 0 Å². The molecule has 0 spiro atoms. The number of carbonyl (C=O) groups excluding carboxylic acids is 1. The highest BCUT2D eigenvalue weighted by Gasteiger charge is 2.22. The lowest BCUT2D eigenvalue weighted by Crippen LogP contribution is -2.39. The molecule has 1 aliphatic rings. The van der Waals surface area contributed by atoms with E-state index < -0.39 is 0 Å². The van der Waals surface area contributed by atoms with Gasteiger partial charge in [-0.2, -0.15) is 0 Å². The van der Waals surface area contributed by atoms with E-state index in [0.717, 1.165) is 44.6 Å². The van der Waals surface area contributed by atoms with Crippen molar-refractivity contribution in [1.29, 1.82) is 0 Å². The largest absolute Gasteiger partial charge is 0.343 e. The minimum Gasteiger partial charge on any atom is -0.343 e. The third kappa shape index (κ3) is 3.72. The van der Waals surface area contributed by atoms with Crippen molar-refractivity contribution in [3.63, 3.8) is 0 Å². The van der Waals surface area contributed by atoms with Gasteiger partial charge in [-0.15, -0.1) is 5.10 Å². The van der Waals surface area contributed by atoms with Gasteiger partial charge < -0.3 is 4.90 Å². The number of hydrogen-bond donors (Lipinski definition) is 0. The number of hydrogen-bond acceptors (Lipinski definition) is 3. The molecule has 2 aromatic rings. The summed E-state index contributed by atoms with van der Waals surface area (Å²) in [7, 11) is 0. The molecule has 1 aliphatic heterocycles. The van der Waals surface area contributed by atoms with Gasteiger partial charge in [0.2, 0.25) is 5.91 Å². The van der Waals surface area contributed by atoms with Crippen molar-refractivity contribution in [2.24, 2.45) is 5.92 Å². The van der Waals surface area contributed by atoms with Gasteiger partial charge in [0.25, 0.3) is 0 Å². The van der Waals surface area contributed by atoms with Crippen molar-refractivity contribution in [3.8, 4) is 0 Å². The van der Waals surface area contributed by atoms with Crippen LogP contribution in [-0.4, -0.2) is 38.9 Å². The molecular formula is C17H22N4O. The van der Waals surface area contributed by atoms with E-state index in [4.69, 9.17) is 0 Å². The number of rotatable bonds is 4. The first-order valence-corrected chi connectivity index (χ1v) is 7.89. The van der Waals surface area contributed by atoms with Crippen molar-refractivity contribution >= 4 is 5.91 Å². The second-order valence-electron chi connectivity index (χ2n) is 6.07. The van der Waals surface area contributed by atoms with Gasteiger partial charge in [0.1, 0.15) is 0 Å². The van der Waals surface area contributed by atoms with E-state index in [-0.39, 0.29) is 5.91 Å². The molecule has 0 aliphatic carbocycles. The lowest BCUT2D eigenvalue weighted by Gasteiger charge is -2.31. The molecule has 2 heterocycles. The number of benzene rings is 1. The molecule has 0 N–H and O–H groups in total. The summed E-state index contributed by atoms with van der Waals surface area (Å²) in [6, 6.07) is 10.3.